The van der Waals surface area contributed by atoms with E-state index in [0.29, 0.717) is 13.1 Å². The summed E-state index contributed by atoms with van der Waals surface area (Å²) in [6, 6.07) is 14.1. The maximum atomic E-state index is 13.3. The molecule has 4 fully saturated rings. The number of carbonyl (C=O) groups excluding carboxylic acids is 2. The highest BCUT2D eigenvalue weighted by molar-refractivity contribution is 5.78. The van der Waals surface area contributed by atoms with E-state index in [2.05, 4.69) is 35.7 Å². The van der Waals surface area contributed by atoms with E-state index >= 15 is 0 Å². The number of imidazole rings is 2. The van der Waals surface area contributed by atoms with Crippen molar-refractivity contribution < 1.29 is 19.1 Å². The number of rotatable bonds is 3. The normalized spacial score (nSPS) is 24.3. The van der Waals surface area contributed by atoms with Gasteiger partial charge in [0.05, 0.1) is 22.9 Å². The monoisotopic (exact) mass is 702 g/mol. The Balaban J connectivity index is 0.985. The Labute approximate surface area is 306 Å². The molecule has 4 aromatic rings. The van der Waals surface area contributed by atoms with Crippen molar-refractivity contribution in [3.63, 3.8) is 0 Å². The fraction of sp³-hybridized carbons (Fsp3) is 0.524. The molecule has 10 heteroatoms. The number of nitrogens with zero attached hydrogens (tertiary/aromatic N) is 4. The highest BCUT2D eigenvalue weighted by Gasteiger charge is 2.62. The van der Waals surface area contributed by atoms with Crippen molar-refractivity contribution in [2.45, 2.75) is 116 Å². The number of aromatic nitrogens is 4. The Morgan fingerprint density at radius 1 is 0.731 bits per heavy atom. The van der Waals surface area contributed by atoms with E-state index in [0.717, 1.165) is 83.6 Å². The Kier molecular flexibility index (Phi) is 7.50. The number of hydrogen-bond donors (Lipinski definition) is 2. The minimum Gasteiger partial charge on any atom is -0.444 e. The number of nitrogens with one attached hydrogen (secondary N) is 2. The number of likely N-dealkylation sites (tertiary alicyclic amines) is 2. The van der Waals surface area contributed by atoms with Gasteiger partial charge in [0.25, 0.3) is 0 Å². The molecule has 52 heavy (non-hydrogen) atoms. The van der Waals surface area contributed by atoms with Crippen LogP contribution in [-0.2, 0) is 20.6 Å². The van der Waals surface area contributed by atoms with Crippen LogP contribution in [0.25, 0.3) is 22.3 Å². The molecule has 2 aliphatic heterocycles. The van der Waals surface area contributed by atoms with Crippen molar-refractivity contribution in [3.05, 3.63) is 71.4 Å². The molecule has 2 aromatic carbocycles. The Morgan fingerprint density at radius 3 is 1.79 bits per heavy atom. The van der Waals surface area contributed by atoms with E-state index in [1.807, 2.05) is 100 Å². The molecular formula is C42H50N6O4. The number of amides is 2. The van der Waals surface area contributed by atoms with Crippen LogP contribution in [0.2, 0.25) is 0 Å². The van der Waals surface area contributed by atoms with Crippen molar-refractivity contribution in [2.24, 2.45) is 10.8 Å². The minimum atomic E-state index is -0.577. The Morgan fingerprint density at radius 2 is 1.25 bits per heavy atom. The van der Waals surface area contributed by atoms with Gasteiger partial charge in [-0.1, -0.05) is 24.0 Å². The standard InChI is InChI=1S/C42H50N6O4/c1-37(2,3)51-35(49)47-25-41(17-18-41)23-39(47,7)33-43-22-32(46-33)29-14-11-27(12-15-29)9-10-28-13-16-30-31(21-28)45-34(44-30)40(8)24-42(19-20-42)26-48(40)36(50)52-38(4,5)6/h11-16,21-22H,17-20,23-26H2,1-8H3,(H,43,46)(H,44,45)/t39-,40-/m1/s1. The molecule has 0 radical (unpaired) electrons. The van der Waals surface area contributed by atoms with Gasteiger partial charge >= 0.3 is 12.2 Å². The number of aromatic amines is 2. The largest absolute Gasteiger partial charge is 0.444 e. The van der Waals surface area contributed by atoms with E-state index in [4.69, 9.17) is 19.4 Å². The lowest BCUT2D eigenvalue weighted by atomic mass is 9.92. The highest BCUT2D eigenvalue weighted by atomic mass is 16.6. The van der Waals surface area contributed by atoms with Crippen LogP contribution in [0, 0.1) is 22.7 Å². The van der Waals surface area contributed by atoms with Crippen LogP contribution in [0.1, 0.15) is 117 Å². The lowest BCUT2D eigenvalue weighted by Crippen LogP contribution is -2.46. The fourth-order valence-electron chi connectivity index (χ4n) is 8.36. The maximum Gasteiger partial charge on any atom is 0.411 e. The van der Waals surface area contributed by atoms with Gasteiger partial charge in [-0.2, -0.15) is 0 Å². The van der Waals surface area contributed by atoms with Crippen LogP contribution in [0.15, 0.2) is 48.7 Å². The van der Waals surface area contributed by atoms with E-state index in [9.17, 15) is 9.59 Å². The molecule has 2 saturated heterocycles. The second-order valence-electron chi connectivity index (χ2n) is 18.3. The third-order valence-corrected chi connectivity index (χ3v) is 11.4. The first kappa shape index (κ1) is 34.3. The predicted octanol–water partition coefficient (Wildman–Crippen LogP) is 8.63. The van der Waals surface area contributed by atoms with Gasteiger partial charge < -0.3 is 19.4 Å². The second kappa shape index (κ2) is 11.4. The molecule has 8 rings (SSSR count). The van der Waals surface area contributed by atoms with Crippen molar-refractivity contribution in [1.82, 2.24) is 29.7 Å². The number of carbonyl (C=O) groups is 2. The van der Waals surface area contributed by atoms with E-state index < -0.39 is 22.3 Å². The quantitative estimate of drug-likeness (QED) is 0.207. The van der Waals surface area contributed by atoms with E-state index in [1.165, 1.54) is 0 Å². The lowest BCUT2D eigenvalue weighted by molar-refractivity contribution is 0.00730. The SMILES string of the molecule is CC(C)(C)OC(=O)N1CC2(CC2)C[C@]1(C)c1ncc(-c2ccc(C#Cc3ccc4nc([C@@]5(C)CC6(CC6)CN5C(=O)OC(C)(C)C)[nH]c4c3)cc2)[nH]1. The molecule has 10 nitrogen and oxygen atoms in total. The molecule has 4 heterocycles. The molecule has 2 N–H and O–H groups in total. The number of hydrogen-bond acceptors (Lipinski definition) is 6. The van der Waals surface area contributed by atoms with Gasteiger partial charge in [-0.15, -0.1) is 0 Å². The van der Waals surface area contributed by atoms with Gasteiger partial charge in [-0.25, -0.2) is 19.6 Å². The van der Waals surface area contributed by atoms with Gasteiger partial charge in [0.15, 0.2) is 0 Å². The number of fused-ring (bicyclic) bond motifs is 1. The topological polar surface area (TPSA) is 116 Å². The van der Waals surface area contributed by atoms with Crippen LogP contribution in [0.5, 0.6) is 0 Å². The van der Waals surface area contributed by atoms with E-state index in [1.54, 1.807) is 0 Å². The molecule has 2 saturated carbocycles. The van der Waals surface area contributed by atoms with Crippen LogP contribution in [0.3, 0.4) is 0 Å². The summed E-state index contributed by atoms with van der Waals surface area (Å²) in [5, 5.41) is 0. The van der Waals surface area contributed by atoms with Gasteiger partial charge in [-0.3, -0.25) is 9.80 Å². The summed E-state index contributed by atoms with van der Waals surface area (Å²) in [6.45, 7) is 17.0. The summed E-state index contributed by atoms with van der Waals surface area (Å²) in [7, 11) is 0. The smallest absolute Gasteiger partial charge is 0.411 e. The first-order valence-electron chi connectivity index (χ1n) is 18.6. The van der Waals surface area contributed by atoms with Crippen molar-refractivity contribution in [2.75, 3.05) is 13.1 Å². The molecule has 2 aromatic heterocycles. The average Bonchev–Trinajstić information content (AvgIpc) is 3.70. The second-order valence-corrected chi connectivity index (χ2v) is 18.3. The van der Waals surface area contributed by atoms with Crippen LogP contribution in [0.4, 0.5) is 9.59 Å². The molecule has 2 spiro atoms. The van der Waals surface area contributed by atoms with Gasteiger partial charge in [0.2, 0.25) is 0 Å². The van der Waals surface area contributed by atoms with Crippen LogP contribution >= 0.6 is 0 Å². The molecule has 4 aliphatic rings. The summed E-state index contributed by atoms with van der Waals surface area (Å²) in [5.74, 6) is 8.19. The molecule has 2 amide bonds. The zero-order valence-corrected chi connectivity index (χ0v) is 31.7. The third kappa shape index (κ3) is 6.33. The summed E-state index contributed by atoms with van der Waals surface area (Å²) < 4.78 is 11.6. The predicted molar refractivity (Wildman–Crippen MR) is 199 cm³/mol. The van der Waals surface area contributed by atoms with Crippen molar-refractivity contribution in [3.8, 4) is 23.1 Å². The summed E-state index contributed by atoms with van der Waals surface area (Å²) in [5.41, 5.74) is 3.45. The molecule has 2 atom stereocenters. The van der Waals surface area contributed by atoms with Gasteiger partial charge in [-0.05, 0) is 141 Å². The zero-order chi connectivity index (χ0) is 36.9. The molecule has 2 aliphatic carbocycles. The first-order valence-corrected chi connectivity index (χ1v) is 18.6. The zero-order valence-electron chi connectivity index (χ0n) is 31.7. The Hall–Kier alpha value is -4.78. The van der Waals surface area contributed by atoms with E-state index in [-0.39, 0.29) is 23.0 Å². The number of H-pyrrole nitrogens is 2. The van der Waals surface area contributed by atoms with Crippen LogP contribution < -0.4 is 0 Å². The van der Waals surface area contributed by atoms with Crippen molar-refractivity contribution >= 4 is 23.2 Å². The molecule has 0 unspecified atom stereocenters. The summed E-state index contributed by atoms with van der Waals surface area (Å²) in [4.78, 5) is 47.2. The summed E-state index contributed by atoms with van der Waals surface area (Å²) >= 11 is 0. The number of ether oxygens (including phenoxy) is 2. The lowest BCUT2D eigenvalue weighted by Gasteiger charge is -2.34. The Bertz CT molecular complexity index is 2130. The molecule has 272 valence electrons. The summed E-state index contributed by atoms with van der Waals surface area (Å²) in [6.07, 6.45) is 7.52. The average molecular weight is 703 g/mol. The van der Waals surface area contributed by atoms with Crippen LogP contribution in [-0.4, -0.2) is 66.2 Å². The first-order chi connectivity index (χ1) is 24.4. The third-order valence-electron chi connectivity index (χ3n) is 11.4. The molecular weight excluding hydrogens is 652 g/mol. The molecule has 0 bridgehead atoms. The minimum absolute atomic E-state index is 0.160. The fourth-order valence-corrected chi connectivity index (χ4v) is 8.36. The van der Waals surface area contributed by atoms with Crippen molar-refractivity contribution in [1.29, 1.82) is 0 Å². The highest BCUT2D eigenvalue weighted by Crippen LogP contribution is 2.61. The maximum absolute atomic E-state index is 13.3. The van der Waals surface area contributed by atoms with Gasteiger partial charge in [0.1, 0.15) is 33.9 Å². The van der Waals surface area contributed by atoms with Gasteiger partial charge in [0, 0.05) is 24.2 Å². The number of benzene rings is 2.